The van der Waals surface area contributed by atoms with Crippen LogP contribution in [0.2, 0.25) is 0 Å². The van der Waals surface area contributed by atoms with E-state index in [0.29, 0.717) is 35.7 Å². The number of benzene rings is 2. The fourth-order valence-corrected chi connectivity index (χ4v) is 5.12. The van der Waals surface area contributed by atoms with Crippen LogP contribution < -0.4 is 10.5 Å². The lowest BCUT2D eigenvalue weighted by atomic mass is 10.1. The predicted octanol–water partition coefficient (Wildman–Crippen LogP) is 3.59. The molecule has 1 amide bonds. The van der Waals surface area contributed by atoms with Crippen LogP contribution in [0.3, 0.4) is 0 Å². The maximum absolute atomic E-state index is 13.3. The van der Waals surface area contributed by atoms with Gasteiger partial charge in [0.05, 0.1) is 23.2 Å². The number of carbonyl (C=O) groups excluding carboxylic acids is 1. The van der Waals surface area contributed by atoms with Crippen molar-refractivity contribution in [2.24, 2.45) is 0 Å². The summed E-state index contributed by atoms with van der Waals surface area (Å²) >= 11 is 1.33. The van der Waals surface area contributed by atoms with Gasteiger partial charge in [0.2, 0.25) is 5.91 Å². The molecular formula is C27H27N5O2S. The molecule has 3 heterocycles. The molecule has 2 aromatic heterocycles. The van der Waals surface area contributed by atoms with Gasteiger partial charge >= 0.3 is 0 Å². The number of pyridine rings is 1. The summed E-state index contributed by atoms with van der Waals surface area (Å²) in [6.45, 7) is 5.25. The lowest BCUT2D eigenvalue weighted by molar-refractivity contribution is -0.128. The van der Waals surface area contributed by atoms with Crippen molar-refractivity contribution >= 4 is 34.4 Å². The third kappa shape index (κ3) is 5.22. The molecule has 0 bridgehead atoms. The number of para-hydroxylation sites is 1. The van der Waals surface area contributed by atoms with E-state index in [1.165, 1.54) is 17.3 Å². The van der Waals surface area contributed by atoms with Crippen LogP contribution in [-0.4, -0.2) is 57.3 Å². The smallest absolute Gasteiger partial charge is 0.262 e. The minimum Gasteiger partial charge on any atom is -0.353 e. The molecule has 0 spiro atoms. The Balaban J connectivity index is 1.31. The number of hydrogen-bond donors (Lipinski definition) is 0. The summed E-state index contributed by atoms with van der Waals surface area (Å²) in [6.07, 6.45) is 1.79. The number of anilines is 1. The zero-order valence-electron chi connectivity index (χ0n) is 19.6. The third-order valence-corrected chi connectivity index (χ3v) is 7.18. The molecular weight excluding hydrogens is 458 g/mol. The van der Waals surface area contributed by atoms with Gasteiger partial charge in [-0.3, -0.25) is 14.2 Å². The molecule has 5 rings (SSSR count). The number of thioether (sulfide) groups is 1. The zero-order valence-corrected chi connectivity index (χ0v) is 20.4. The van der Waals surface area contributed by atoms with Crippen LogP contribution in [0, 0.1) is 6.92 Å². The highest BCUT2D eigenvalue weighted by Gasteiger charge is 2.22. The van der Waals surface area contributed by atoms with Crippen molar-refractivity contribution in [3.8, 4) is 0 Å². The summed E-state index contributed by atoms with van der Waals surface area (Å²) in [4.78, 5) is 39.6. The van der Waals surface area contributed by atoms with Gasteiger partial charge in [0, 0.05) is 32.4 Å². The predicted molar refractivity (Wildman–Crippen MR) is 140 cm³/mol. The highest BCUT2D eigenvalue weighted by atomic mass is 32.2. The van der Waals surface area contributed by atoms with Crippen LogP contribution >= 0.6 is 11.8 Å². The maximum atomic E-state index is 13.3. The Morgan fingerprint density at radius 1 is 0.943 bits per heavy atom. The molecule has 1 saturated heterocycles. The summed E-state index contributed by atoms with van der Waals surface area (Å²) in [5.74, 6) is 1.23. The van der Waals surface area contributed by atoms with Crippen LogP contribution in [-0.2, 0) is 11.3 Å². The number of amides is 1. The molecule has 178 valence electrons. The molecule has 0 radical (unpaired) electrons. The Labute approximate surface area is 208 Å². The monoisotopic (exact) mass is 485 g/mol. The molecule has 0 atom stereocenters. The molecule has 1 fully saturated rings. The van der Waals surface area contributed by atoms with Gasteiger partial charge in [0.25, 0.3) is 5.56 Å². The molecule has 8 heteroatoms. The van der Waals surface area contributed by atoms with Gasteiger partial charge in [-0.1, -0.05) is 59.8 Å². The molecule has 1 aliphatic rings. The number of hydrogen-bond acceptors (Lipinski definition) is 6. The zero-order chi connectivity index (χ0) is 24.2. The number of piperazine rings is 1. The summed E-state index contributed by atoms with van der Waals surface area (Å²) < 4.78 is 1.68. The summed E-state index contributed by atoms with van der Waals surface area (Å²) in [6, 6.07) is 21.4. The molecule has 4 aromatic rings. The van der Waals surface area contributed by atoms with Crippen molar-refractivity contribution in [2.75, 3.05) is 36.8 Å². The highest BCUT2D eigenvalue weighted by Crippen LogP contribution is 2.21. The molecule has 0 unspecified atom stereocenters. The molecule has 35 heavy (non-hydrogen) atoms. The third-order valence-electron chi connectivity index (χ3n) is 6.22. The van der Waals surface area contributed by atoms with Crippen LogP contribution in [0.15, 0.2) is 82.9 Å². The van der Waals surface area contributed by atoms with E-state index in [1.807, 2.05) is 72.5 Å². The first-order valence-corrected chi connectivity index (χ1v) is 12.7. The second-order valence-corrected chi connectivity index (χ2v) is 9.58. The van der Waals surface area contributed by atoms with E-state index in [4.69, 9.17) is 4.98 Å². The second kappa shape index (κ2) is 10.3. The number of aryl methyl sites for hydroxylation is 1. The SMILES string of the molecule is Cc1ccc(Cn2c(SCC(=O)N3CCN(c4ccccn4)CC3)nc3ccccc3c2=O)cc1. The largest absolute Gasteiger partial charge is 0.353 e. The lowest BCUT2D eigenvalue weighted by Crippen LogP contribution is -2.49. The van der Waals surface area contributed by atoms with Gasteiger partial charge in [-0.25, -0.2) is 9.97 Å². The normalized spacial score (nSPS) is 13.9. The van der Waals surface area contributed by atoms with Crippen molar-refractivity contribution in [3.05, 3.63) is 94.4 Å². The van der Waals surface area contributed by atoms with E-state index >= 15 is 0 Å². The number of nitrogens with zero attached hydrogens (tertiary/aromatic N) is 5. The summed E-state index contributed by atoms with van der Waals surface area (Å²) in [7, 11) is 0. The molecule has 2 aromatic carbocycles. The highest BCUT2D eigenvalue weighted by molar-refractivity contribution is 7.99. The van der Waals surface area contributed by atoms with E-state index in [2.05, 4.69) is 9.88 Å². The minimum atomic E-state index is -0.0879. The van der Waals surface area contributed by atoms with Gasteiger partial charge < -0.3 is 9.80 Å². The summed E-state index contributed by atoms with van der Waals surface area (Å²) in [5, 5.41) is 1.15. The first-order valence-electron chi connectivity index (χ1n) is 11.7. The second-order valence-electron chi connectivity index (χ2n) is 8.63. The molecule has 1 aliphatic heterocycles. The average molecular weight is 486 g/mol. The fraction of sp³-hybridized carbons (Fsp3) is 0.259. The first-order chi connectivity index (χ1) is 17.1. The van der Waals surface area contributed by atoms with Gasteiger partial charge in [-0.15, -0.1) is 0 Å². The number of carbonyl (C=O) groups is 1. The molecule has 0 aliphatic carbocycles. The van der Waals surface area contributed by atoms with Gasteiger partial charge in [-0.05, 0) is 36.8 Å². The maximum Gasteiger partial charge on any atom is 0.262 e. The van der Waals surface area contributed by atoms with Gasteiger partial charge in [-0.2, -0.15) is 0 Å². The van der Waals surface area contributed by atoms with Crippen molar-refractivity contribution in [1.82, 2.24) is 19.4 Å². The Hall–Kier alpha value is -3.65. The van der Waals surface area contributed by atoms with Crippen molar-refractivity contribution in [1.29, 1.82) is 0 Å². The van der Waals surface area contributed by atoms with Crippen molar-refractivity contribution in [2.45, 2.75) is 18.6 Å². The van der Waals surface area contributed by atoms with E-state index in [0.717, 1.165) is 24.5 Å². The van der Waals surface area contributed by atoms with Gasteiger partial charge in [0.15, 0.2) is 5.16 Å². The number of fused-ring (bicyclic) bond motifs is 1. The van der Waals surface area contributed by atoms with Crippen molar-refractivity contribution < 1.29 is 4.79 Å². The molecule has 0 N–H and O–H groups in total. The van der Waals surface area contributed by atoms with Crippen molar-refractivity contribution in [3.63, 3.8) is 0 Å². The Bertz CT molecular complexity index is 1380. The topological polar surface area (TPSA) is 71.3 Å². The molecule has 7 nitrogen and oxygen atoms in total. The van der Waals surface area contributed by atoms with E-state index < -0.39 is 0 Å². The quantitative estimate of drug-likeness (QED) is 0.307. The fourth-order valence-electron chi connectivity index (χ4n) is 4.22. The van der Waals surface area contributed by atoms with E-state index in [-0.39, 0.29) is 17.2 Å². The Morgan fingerprint density at radius 3 is 2.43 bits per heavy atom. The first kappa shape index (κ1) is 23.1. The standard InChI is InChI=1S/C27H27N5O2S/c1-20-9-11-21(12-10-20)18-32-26(34)22-6-2-3-7-23(22)29-27(32)35-19-25(33)31-16-14-30(15-17-31)24-8-4-5-13-28-24/h2-13H,14-19H2,1H3. The average Bonchev–Trinajstić information content (AvgIpc) is 2.91. The van der Waals surface area contributed by atoms with Crippen LogP contribution in [0.5, 0.6) is 0 Å². The Morgan fingerprint density at radius 2 is 1.69 bits per heavy atom. The number of aromatic nitrogens is 3. The summed E-state index contributed by atoms with van der Waals surface area (Å²) in [5.41, 5.74) is 2.75. The molecule has 0 saturated carbocycles. The lowest BCUT2D eigenvalue weighted by Gasteiger charge is -2.35. The Kier molecular flexibility index (Phi) is 6.81. The van der Waals surface area contributed by atoms with E-state index in [9.17, 15) is 9.59 Å². The van der Waals surface area contributed by atoms with Crippen LogP contribution in [0.1, 0.15) is 11.1 Å². The van der Waals surface area contributed by atoms with Gasteiger partial charge in [0.1, 0.15) is 5.82 Å². The van der Waals surface area contributed by atoms with E-state index in [1.54, 1.807) is 16.8 Å². The minimum absolute atomic E-state index is 0.0555. The van der Waals surface area contributed by atoms with Crippen LogP contribution in [0.25, 0.3) is 10.9 Å². The number of rotatable bonds is 6. The van der Waals surface area contributed by atoms with Crippen LogP contribution in [0.4, 0.5) is 5.82 Å².